The Bertz CT molecular complexity index is 899. The van der Waals surface area contributed by atoms with Gasteiger partial charge in [-0.25, -0.2) is 0 Å². The third kappa shape index (κ3) is 5.29. The Morgan fingerprint density at radius 2 is 1.86 bits per heavy atom. The Morgan fingerprint density at radius 3 is 2.38 bits per heavy atom. The number of halogens is 1. The van der Waals surface area contributed by atoms with Crippen LogP contribution < -0.4 is 0 Å². The normalized spacial score (nSPS) is 31.1. The molecule has 1 N–H and O–H groups in total. The molecular weight excluding hydrogens is 554 g/mol. The summed E-state index contributed by atoms with van der Waals surface area (Å²) >= 11 is 5.49. The maximum atomic E-state index is 14.4. The minimum atomic E-state index is -0.741. The van der Waals surface area contributed by atoms with Crippen LogP contribution >= 0.6 is 27.7 Å². The first kappa shape index (κ1) is 30.2. The summed E-state index contributed by atoms with van der Waals surface area (Å²) in [6.45, 7) is 18.9. The molecule has 3 rings (SSSR count). The molecule has 9 heteroatoms. The number of thioether (sulfide) groups is 1. The Kier molecular flexibility index (Phi) is 10.0. The monoisotopic (exact) mass is 597 g/mol. The lowest BCUT2D eigenvalue weighted by molar-refractivity contribution is -0.147. The van der Waals surface area contributed by atoms with E-state index in [9.17, 15) is 19.5 Å². The second kappa shape index (κ2) is 12.2. The van der Waals surface area contributed by atoms with Gasteiger partial charge in [-0.2, -0.15) is 0 Å². The SMILES string of the molecule is C=CCN(CCC)C(=O)[C@H]1[C@@H]2SC3(CC2Br)C(C(=O)N(CC=C)C(C)C)N([C@@H](CO)CC(C)C)C(=O)[C@H]13. The molecule has 3 amide bonds. The van der Waals surface area contributed by atoms with Crippen LogP contribution in [0.15, 0.2) is 25.3 Å². The number of likely N-dealkylation sites (tertiary alicyclic amines) is 1. The summed E-state index contributed by atoms with van der Waals surface area (Å²) in [5.74, 6) is -1.21. The average Bonchev–Trinajstić information content (AvgIpc) is 3.43. The van der Waals surface area contributed by atoms with Gasteiger partial charge in [-0.1, -0.05) is 48.9 Å². The van der Waals surface area contributed by atoms with Crippen molar-refractivity contribution in [2.75, 3.05) is 26.2 Å². The van der Waals surface area contributed by atoms with E-state index in [1.54, 1.807) is 38.6 Å². The van der Waals surface area contributed by atoms with E-state index in [4.69, 9.17) is 0 Å². The van der Waals surface area contributed by atoms with Crippen LogP contribution in [0.1, 0.15) is 53.9 Å². The summed E-state index contributed by atoms with van der Waals surface area (Å²) in [5.41, 5.74) is 0. The molecule has 208 valence electrons. The van der Waals surface area contributed by atoms with Gasteiger partial charge in [0.1, 0.15) is 6.04 Å². The van der Waals surface area contributed by atoms with Gasteiger partial charge < -0.3 is 19.8 Å². The van der Waals surface area contributed by atoms with Gasteiger partial charge in [-0.3, -0.25) is 14.4 Å². The predicted molar refractivity (Wildman–Crippen MR) is 153 cm³/mol. The number of hydrogen-bond acceptors (Lipinski definition) is 5. The van der Waals surface area contributed by atoms with E-state index in [0.717, 1.165) is 6.42 Å². The number of amides is 3. The van der Waals surface area contributed by atoms with Gasteiger partial charge in [-0.05, 0) is 39.0 Å². The van der Waals surface area contributed by atoms with Crippen LogP contribution in [0, 0.1) is 17.8 Å². The maximum absolute atomic E-state index is 14.4. The van der Waals surface area contributed by atoms with Crippen molar-refractivity contribution in [3.05, 3.63) is 25.3 Å². The fourth-order valence-corrected chi connectivity index (χ4v) is 10.2. The zero-order chi connectivity index (χ0) is 27.7. The van der Waals surface area contributed by atoms with Crippen molar-refractivity contribution < 1.29 is 19.5 Å². The van der Waals surface area contributed by atoms with E-state index < -0.39 is 28.7 Å². The van der Waals surface area contributed by atoms with Crippen molar-refractivity contribution >= 4 is 45.4 Å². The summed E-state index contributed by atoms with van der Waals surface area (Å²) < 4.78 is -0.724. The largest absolute Gasteiger partial charge is 0.394 e. The molecule has 3 aliphatic heterocycles. The quantitative estimate of drug-likeness (QED) is 0.258. The van der Waals surface area contributed by atoms with Gasteiger partial charge in [0.25, 0.3) is 0 Å². The minimum absolute atomic E-state index is 0.0162. The Balaban J connectivity index is 2.15. The lowest BCUT2D eigenvalue weighted by atomic mass is 9.70. The van der Waals surface area contributed by atoms with Gasteiger partial charge in [0.05, 0.1) is 29.2 Å². The predicted octanol–water partition coefficient (Wildman–Crippen LogP) is 3.71. The first-order valence-corrected chi connectivity index (χ1v) is 15.4. The lowest BCUT2D eigenvalue weighted by Gasteiger charge is -2.41. The van der Waals surface area contributed by atoms with Gasteiger partial charge in [0.15, 0.2) is 0 Å². The molecule has 2 bridgehead atoms. The van der Waals surface area contributed by atoms with Crippen molar-refractivity contribution in [3.8, 4) is 0 Å². The first-order valence-electron chi connectivity index (χ1n) is 13.6. The van der Waals surface area contributed by atoms with Crippen molar-refractivity contribution in [1.82, 2.24) is 14.7 Å². The van der Waals surface area contributed by atoms with E-state index in [1.165, 1.54) is 0 Å². The molecule has 3 heterocycles. The molecule has 7 atom stereocenters. The minimum Gasteiger partial charge on any atom is -0.394 e. The Morgan fingerprint density at radius 1 is 1.22 bits per heavy atom. The van der Waals surface area contributed by atoms with Crippen LogP contribution in [-0.2, 0) is 14.4 Å². The van der Waals surface area contributed by atoms with Crippen molar-refractivity contribution in [1.29, 1.82) is 0 Å². The second-order valence-corrected chi connectivity index (χ2v) is 14.0. The molecule has 3 fully saturated rings. The third-order valence-corrected chi connectivity index (χ3v) is 11.2. The topological polar surface area (TPSA) is 81.2 Å². The zero-order valence-electron chi connectivity index (χ0n) is 22.9. The fraction of sp³-hybridized carbons (Fsp3) is 0.750. The molecule has 0 aliphatic carbocycles. The number of carbonyl (C=O) groups is 3. The molecular formula is C28H44BrN3O4S. The van der Waals surface area contributed by atoms with Gasteiger partial charge in [0, 0.05) is 35.8 Å². The van der Waals surface area contributed by atoms with Crippen LogP contribution in [0.2, 0.25) is 0 Å². The Hall–Kier alpha value is -1.32. The van der Waals surface area contributed by atoms with Crippen LogP contribution in [0.3, 0.4) is 0 Å². The number of hydrogen-bond donors (Lipinski definition) is 1. The smallest absolute Gasteiger partial charge is 0.247 e. The number of alkyl halides is 1. The van der Waals surface area contributed by atoms with Gasteiger partial charge >= 0.3 is 0 Å². The lowest BCUT2D eigenvalue weighted by Crippen LogP contribution is -2.59. The van der Waals surface area contributed by atoms with Crippen LogP contribution in [0.5, 0.6) is 0 Å². The number of nitrogens with zero attached hydrogens (tertiary/aromatic N) is 3. The molecule has 3 saturated heterocycles. The summed E-state index contributed by atoms with van der Waals surface area (Å²) in [5, 5.41) is 10.4. The van der Waals surface area contributed by atoms with Gasteiger partial charge in [0.2, 0.25) is 17.7 Å². The molecule has 0 saturated carbocycles. The number of fused-ring (bicyclic) bond motifs is 1. The molecule has 37 heavy (non-hydrogen) atoms. The summed E-state index contributed by atoms with van der Waals surface area (Å²) in [4.78, 5) is 48.0. The highest BCUT2D eigenvalue weighted by Gasteiger charge is 2.76. The fourth-order valence-electron chi connectivity index (χ4n) is 6.62. The molecule has 7 nitrogen and oxygen atoms in total. The molecule has 0 aromatic carbocycles. The number of rotatable bonds is 13. The van der Waals surface area contributed by atoms with Crippen LogP contribution in [-0.4, -0.2) is 96.7 Å². The van der Waals surface area contributed by atoms with E-state index in [0.29, 0.717) is 32.5 Å². The standard InChI is InChI=1S/C28H44BrN3O4S/c1-8-11-30(12-9-2)25(34)21-22-26(35)32(19(16-33)14-17(4)5)24(27(36)31(13-10-3)18(6)7)28(22)15-20(29)23(21)37-28/h8,10,17-24,33H,1,3,9,11-16H2,2,4-7H3/t19-,20?,21-,22+,23-,24?,28?/m1/s1. The summed E-state index contributed by atoms with van der Waals surface area (Å²) in [6.07, 6.45) is 5.46. The summed E-state index contributed by atoms with van der Waals surface area (Å²) in [6, 6.07) is -1.30. The van der Waals surface area contributed by atoms with Crippen molar-refractivity contribution in [2.45, 2.75) is 86.8 Å². The Labute approximate surface area is 235 Å². The molecule has 1 spiro atoms. The number of aliphatic hydroxyl groups excluding tert-OH is 1. The molecule has 0 aromatic rings. The van der Waals surface area contributed by atoms with Crippen molar-refractivity contribution in [2.24, 2.45) is 17.8 Å². The zero-order valence-corrected chi connectivity index (χ0v) is 25.3. The highest BCUT2D eigenvalue weighted by Crippen LogP contribution is 2.68. The average molecular weight is 599 g/mol. The van der Waals surface area contributed by atoms with E-state index >= 15 is 0 Å². The maximum Gasteiger partial charge on any atom is 0.247 e. The highest BCUT2D eigenvalue weighted by atomic mass is 79.9. The van der Waals surface area contributed by atoms with E-state index in [1.807, 2.05) is 20.8 Å². The van der Waals surface area contributed by atoms with Crippen LogP contribution in [0.4, 0.5) is 0 Å². The molecule has 0 radical (unpaired) electrons. The van der Waals surface area contributed by atoms with Crippen molar-refractivity contribution in [3.63, 3.8) is 0 Å². The third-order valence-electron chi connectivity index (χ3n) is 7.98. The van der Waals surface area contributed by atoms with Crippen LogP contribution in [0.25, 0.3) is 0 Å². The molecule has 3 unspecified atom stereocenters. The first-order chi connectivity index (χ1) is 17.5. The van der Waals surface area contributed by atoms with E-state index in [-0.39, 0.29) is 46.4 Å². The molecule has 3 aliphatic rings. The molecule has 0 aromatic heterocycles. The van der Waals surface area contributed by atoms with Gasteiger partial charge in [-0.15, -0.1) is 24.9 Å². The summed E-state index contributed by atoms with van der Waals surface area (Å²) in [7, 11) is 0. The number of aliphatic hydroxyl groups is 1. The highest BCUT2D eigenvalue weighted by molar-refractivity contribution is 9.09. The number of carbonyl (C=O) groups excluding carboxylic acids is 3. The van der Waals surface area contributed by atoms with E-state index in [2.05, 4.69) is 42.9 Å². The second-order valence-electron chi connectivity index (χ2n) is 11.3.